The van der Waals surface area contributed by atoms with Crippen LogP contribution in [0.3, 0.4) is 0 Å². The predicted molar refractivity (Wildman–Crippen MR) is 78.1 cm³/mol. The highest BCUT2D eigenvalue weighted by Crippen LogP contribution is 2.23. The van der Waals surface area contributed by atoms with Crippen LogP contribution in [0.4, 0.5) is 0 Å². The van der Waals surface area contributed by atoms with Crippen molar-refractivity contribution in [3.8, 4) is 5.75 Å². The number of phenolic OH excluding ortho intramolecular Hbond substituents is 1. The minimum atomic E-state index is 0.148. The van der Waals surface area contributed by atoms with E-state index in [-0.39, 0.29) is 5.75 Å². The van der Waals surface area contributed by atoms with Gasteiger partial charge in [-0.15, -0.1) is 0 Å². The number of unbranched alkanes of at least 4 members (excludes halogenated alkanes) is 1. The number of halogens is 1. The second-order valence-electron chi connectivity index (χ2n) is 4.83. The van der Waals surface area contributed by atoms with Crippen molar-refractivity contribution in [1.82, 2.24) is 5.32 Å². The number of rotatable bonds is 8. The molecule has 0 aliphatic heterocycles. The molecule has 0 heterocycles. The summed E-state index contributed by atoms with van der Waals surface area (Å²) in [6, 6.07) is 5.37. The monoisotopic (exact) mass is 269 g/mol. The molecule has 1 atom stereocenters. The molecule has 1 rings (SSSR count). The third-order valence-corrected chi connectivity index (χ3v) is 3.62. The lowest BCUT2D eigenvalue weighted by Gasteiger charge is -2.15. The maximum absolute atomic E-state index is 9.34. The topological polar surface area (TPSA) is 32.3 Å². The molecule has 0 amide bonds. The van der Waals surface area contributed by atoms with Gasteiger partial charge < -0.3 is 10.4 Å². The summed E-state index contributed by atoms with van der Waals surface area (Å²) < 4.78 is 0. The SMILES string of the molecule is CCCCC(CC)CNCc1ccc(O)c(Cl)c1. The standard InChI is InChI=1S/C15H24ClNO/c1-3-5-6-12(4-2)10-17-11-13-7-8-15(18)14(16)9-13/h7-9,12,17-18H,3-6,10-11H2,1-2H3. The summed E-state index contributed by atoms with van der Waals surface area (Å²) in [6.45, 7) is 6.34. The molecular formula is C15H24ClNO. The molecule has 18 heavy (non-hydrogen) atoms. The molecule has 1 aromatic rings. The Morgan fingerprint density at radius 1 is 1.33 bits per heavy atom. The minimum absolute atomic E-state index is 0.148. The Hall–Kier alpha value is -0.730. The van der Waals surface area contributed by atoms with Crippen LogP contribution in [0.1, 0.15) is 45.1 Å². The lowest BCUT2D eigenvalue weighted by atomic mass is 9.99. The summed E-state index contributed by atoms with van der Waals surface area (Å²) in [5.74, 6) is 0.910. The van der Waals surface area contributed by atoms with Gasteiger partial charge in [0.25, 0.3) is 0 Å². The van der Waals surface area contributed by atoms with Crippen LogP contribution in [-0.2, 0) is 6.54 Å². The Morgan fingerprint density at radius 2 is 2.11 bits per heavy atom. The molecule has 0 spiro atoms. The lowest BCUT2D eigenvalue weighted by Crippen LogP contribution is -2.22. The number of benzene rings is 1. The Morgan fingerprint density at radius 3 is 2.72 bits per heavy atom. The van der Waals surface area contributed by atoms with Gasteiger partial charge in [0, 0.05) is 6.54 Å². The maximum Gasteiger partial charge on any atom is 0.134 e. The number of nitrogens with one attached hydrogen (secondary N) is 1. The van der Waals surface area contributed by atoms with Crippen LogP contribution in [0.15, 0.2) is 18.2 Å². The van der Waals surface area contributed by atoms with Crippen molar-refractivity contribution < 1.29 is 5.11 Å². The number of aromatic hydroxyl groups is 1. The molecule has 0 aromatic heterocycles. The number of hydrogen-bond donors (Lipinski definition) is 2. The van der Waals surface area contributed by atoms with Gasteiger partial charge >= 0.3 is 0 Å². The summed E-state index contributed by atoms with van der Waals surface area (Å²) in [7, 11) is 0. The van der Waals surface area contributed by atoms with Crippen LogP contribution in [0.2, 0.25) is 5.02 Å². The fourth-order valence-electron chi connectivity index (χ4n) is 2.02. The Bertz CT molecular complexity index is 354. The highest BCUT2D eigenvalue weighted by atomic mass is 35.5. The third kappa shape index (κ3) is 5.28. The molecule has 0 saturated heterocycles. The van der Waals surface area contributed by atoms with E-state index in [1.165, 1.54) is 25.7 Å². The molecule has 0 fully saturated rings. The zero-order valence-electron chi connectivity index (χ0n) is 11.4. The Labute approximate surface area is 115 Å². The molecule has 0 aliphatic carbocycles. The highest BCUT2D eigenvalue weighted by molar-refractivity contribution is 6.32. The fourth-order valence-corrected chi connectivity index (χ4v) is 2.23. The third-order valence-electron chi connectivity index (χ3n) is 3.32. The largest absolute Gasteiger partial charge is 0.506 e. The first-order valence-electron chi connectivity index (χ1n) is 6.85. The first kappa shape index (κ1) is 15.3. The smallest absolute Gasteiger partial charge is 0.134 e. The first-order chi connectivity index (χ1) is 8.67. The van der Waals surface area contributed by atoms with E-state index in [1.807, 2.05) is 12.1 Å². The van der Waals surface area contributed by atoms with Gasteiger partial charge in [0.2, 0.25) is 0 Å². The van der Waals surface area contributed by atoms with Gasteiger partial charge in [0.05, 0.1) is 5.02 Å². The van der Waals surface area contributed by atoms with Gasteiger partial charge in [-0.3, -0.25) is 0 Å². The van der Waals surface area contributed by atoms with E-state index in [0.29, 0.717) is 5.02 Å². The summed E-state index contributed by atoms with van der Waals surface area (Å²) in [4.78, 5) is 0. The van der Waals surface area contributed by atoms with E-state index >= 15 is 0 Å². The quantitative estimate of drug-likeness (QED) is 0.735. The molecule has 0 radical (unpaired) electrons. The summed E-state index contributed by atoms with van der Waals surface area (Å²) >= 11 is 5.87. The van der Waals surface area contributed by atoms with Crippen LogP contribution in [0.5, 0.6) is 5.75 Å². The van der Waals surface area contributed by atoms with Crippen molar-refractivity contribution in [3.05, 3.63) is 28.8 Å². The first-order valence-corrected chi connectivity index (χ1v) is 7.23. The Kier molecular flexibility index (Phi) is 7.14. The van der Waals surface area contributed by atoms with Gasteiger partial charge in [-0.1, -0.05) is 50.8 Å². The van der Waals surface area contributed by atoms with Crippen molar-refractivity contribution in [2.75, 3.05) is 6.54 Å². The van der Waals surface area contributed by atoms with Crippen molar-refractivity contribution in [2.24, 2.45) is 5.92 Å². The molecular weight excluding hydrogens is 246 g/mol. The molecule has 0 aliphatic rings. The maximum atomic E-state index is 9.34. The van der Waals surface area contributed by atoms with Crippen molar-refractivity contribution in [2.45, 2.75) is 46.1 Å². The molecule has 2 nitrogen and oxygen atoms in total. The number of phenols is 1. The van der Waals surface area contributed by atoms with E-state index < -0.39 is 0 Å². The average molecular weight is 270 g/mol. The van der Waals surface area contributed by atoms with Crippen molar-refractivity contribution in [3.63, 3.8) is 0 Å². The summed E-state index contributed by atoms with van der Waals surface area (Å²) in [6.07, 6.45) is 5.11. The molecule has 0 saturated carbocycles. The molecule has 3 heteroatoms. The van der Waals surface area contributed by atoms with Crippen LogP contribution < -0.4 is 5.32 Å². The second kappa shape index (κ2) is 8.39. The van der Waals surface area contributed by atoms with Gasteiger partial charge in [-0.2, -0.15) is 0 Å². The van der Waals surface area contributed by atoms with E-state index in [2.05, 4.69) is 19.2 Å². The highest BCUT2D eigenvalue weighted by Gasteiger charge is 2.05. The van der Waals surface area contributed by atoms with Gasteiger partial charge in [-0.25, -0.2) is 0 Å². The normalized spacial score (nSPS) is 12.6. The van der Waals surface area contributed by atoms with E-state index in [9.17, 15) is 5.11 Å². The van der Waals surface area contributed by atoms with Crippen molar-refractivity contribution >= 4 is 11.6 Å². The predicted octanol–water partition coefficient (Wildman–Crippen LogP) is 4.35. The van der Waals surface area contributed by atoms with Crippen LogP contribution >= 0.6 is 11.6 Å². The van der Waals surface area contributed by atoms with Crippen LogP contribution in [0, 0.1) is 5.92 Å². The van der Waals surface area contributed by atoms with E-state index in [1.54, 1.807) is 6.07 Å². The lowest BCUT2D eigenvalue weighted by molar-refractivity contribution is 0.419. The zero-order chi connectivity index (χ0) is 13.4. The fraction of sp³-hybridized carbons (Fsp3) is 0.600. The van der Waals surface area contributed by atoms with E-state index in [4.69, 9.17) is 11.6 Å². The zero-order valence-corrected chi connectivity index (χ0v) is 12.1. The van der Waals surface area contributed by atoms with Crippen LogP contribution in [-0.4, -0.2) is 11.7 Å². The molecule has 2 N–H and O–H groups in total. The Balaban J connectivity index is 2.33. The molecule has 1 aromatic carbocycles. The summed E-state index contributed by atoms with van der Waals surface area (Å²) in [5, 5.41) is 13.2. The number of hydrogen-bond acceptors (Lipinski definition) is 2. The van der Waals surface area contributed by atoms with Gasteiger partial charge in [0.15, 0.2) is 0 Å². The molecule has 1 unspecified atom stereocenters. The van der Waals surface area contributed by atoms with Gasteiger partial charge in [0.1, 0.15) is 5.75 Å². The van der Waals surface area contributed by atoms with Crippen molar-refractivity contribution in [1.29, 1.82) is 0 Å². The second-order valence-corrected chi connectivity index (χ2v) is 5.24. The minimum Gasteiger partial charge on any atom is -0.506 e. The molecule has 102 valence electrons. The van der Waals surface area contributed by atoms with Gasteiger partial charge in [-0.05, 0) is 36.6 Å². The van der Waals surface area contributed by atoms with Crippen LogP contribution in [0.25, 0.3) is 0 Å². The molecule has 0 bridgehead atoms. The average Bonchev–Trinajstić information content (AvgIpc) is 2.37. The summed E-state index contributed by atoms with van der Waals surface area (Å²) in [5.41, 5.74) is 1.11. The van der Waals surface area contributed by atoms with E-state index in [0.717, 1.165) is 24.6 Å².